The molecule has 0 spiro atoms. The largest absolute Gasteiger partial charge is 0.493 e. The second-order valence-electron chi connectivity index (χ2n) is 9.56. The average Bonchev–Trinajstić information content (AvgIpc) is 3.53. The fourth-order valence-corrected chi connectivity index (χ4v) is 4.72. The first-order valence-electron chi connectivity index (χ1n) is 13.0. The molecule has 3 N–H and O–H groups in total. The normalized spacial score (nSPS) is 15.3. The Kier molecular flexibility index (Phi) is 8.34. The van der Waals surface area contributed by atoms with Gasteiger partial charge in [0.2, 0.25) is 5.91 Å². The molecule has 4 aromatic rings. The molecule has 0 bridgehead atoms. The average molecular weight is 551 g/mol. The van der Waals surface area contributed by atoms with Crippen LogP contribution in [0, 0.1) is 18.6 Å². The molecule has 1 atom stereocenters. The molecule has 2 aromatic heterocycles. The number of methoxy groups -OCH3 is 1. The number of nitrogens with one attached hydrogen (secondary N) is 3. The first-order chi connectivity index (χ1) is 19.4. The Morgan fingerprint density at radius 1 is 1.15 bits per heavy atom. The number of ether oxygens (including phenoxy) is 2. The first kappa shape index (κ1) is 27.3. The number of hydrogen-bond donors (Lipinski definition) is 3. The number of halogens is 2. The van der Waals surface area contributed by atoms with Crippen molar-refractivity contribution in [2.24, 2.45) is 0 Å². The van der Waals surface area contributed by atoms with E-state index in [2.05, 4.69) is 42.6 Å². The van der Waals surface area contributed by atoms with Gasteiger partial charge in [0.25, 0.3) is 0 Å². The Morgan fingerprint density at radius 2 is 1.98 bits per heavy atom. The monoisotopic (exact) mass is 550 g/mol. The summed E-state index contributed by atoms with van der Waals surface area (Å²) in [6, 6.07) is 8.46. The van der Waals surface area contributed by atoms with Gasteiger partial charge in [0, 0.05) is 47.6 Å². The van der Waals surface area contributed by atoms with Crippen LogP contribution in [0.3, 0.4) is 0 Å². The molecule has 1 aliphatic rings. The summed E-state index contributed by atoms with van der Waals surface area (Å²) in [6.07, 6.45) is 4.56. The third-order valence-corrected chi connectivity index (χ3v) is 6.64. The molecule has 1 amide bonds. The van der Waals surface area contributed by atoms with Gasteiger partial charge < -0.3 is 25.0 Å². The summed E-state index contributed by atoms with van der Waals surface area (Å²) in [5, 5.41) is 13.3. The van der Waals surface area contributed by atoms with Gasteiger partial charge in [0.05, 0.1) is 25.7 Å². The van der Waals surface area contributed by atoms with Crippen molar-refractivity contribution in [3.63, 3.8) is 0 Å². The van der Waals surface area contributed by atoms with E-state index in [0.717, 1.165) is 44.1 Å². The SMILES string of the molecule is [CH2][C@@H]1CCCN1CCCOc1cc2ncnc(Nc3cc(CC(=O)Nc4cc(F)cc(F)c4)[nH]n3)c2cc1OC. The highest BCUT2D eigenvalue weighted by molar-refractivity contribution is 5.93. The number of amides is 1. The lowest BCUT2D eigenvalue weighted by atomic mass is 10.2. The predicted molar refractivity (Wildman–Crippen MR) is 147 cm³/mol. The topological polar surface area (TPSA) is 117 Å². The van der Waals surface area contributed by atoms with Gasteiger partial charge in [0.1, 0.15) is 23.8 Å². The van der Waals surface area contributed by atoms with E-state index in [1.165, 1.54) is 12.7 Å². The highest BCUT2D eigenvalue weighted by atomic mass is 19.1. The fraction of sp³-hybridized carbons (Fsp3) is 0.321. The van der Waals surface area contributed by atoms with Gasteiger partial charge in [-0.2, -0.15) is 5.10 Å². The van der Waals surface area contributed by atoms with Crippen molar-refractivity contribution in [2.75, 3.05) is 37.4 Å². The minimum atomic E-state index is -0.777. The number of fused-ring (bicyclic) bond motifs is 1. The van der Waals surface area contributed by atoms with E-state index >= 15 is 0 Å². The maximum atomic E-state index is 13.4. The molecule has 2 aromatic carbocycles. The molecule has 5 rings (SSSR count). The molecule has 1 radical (unpaired) electrons. The summed E-state index contributed by atoms with van der Waals surface area (Å²) in [7, 11) is 1.58. The third kappa shape index (κ3) is 6.63. The number of likely N-dealkylation sites (tertiary alicyclic amines) is 1. The summed E-state index contributed by atoms with van der Waals surface area (Å²) in [5.41, 5.74) is 1.18. The van der Waals surface area contributed by atoms with E-state index in [0.29, 0.717) is 52.4 Å². The van der Waals surface area contributed by atoms with Crippen LogP contribution < -0.4 is 20.1 Å². The number of benzene rings is 2. The van der Waals surface area contributed by atoms with Crippen LogP contribution in [-0.2, 0) is 11.2 Å². The number of nitrogens with zero attached hydrogens (tertiary/aromatic N) is 4. The van der Waals surface area contributed by atoms with Crippen molar-refractivity contribution in [1.29, 1.82) is 0 Å². The van der Waals surface area contributed by atoms with E-state index in [4.69, 9.17) is 9.47 Å². The lowest BCUT2D eigenvalue weighted by molar-refractivity contribution is -0.115. The Balaban J connectivity index is 1.23. The van der Waals surface area contributed by atoms with Crippen molar-refractivity contribution >= 4 is 34.1 Å². The van der Waals surface area contributed by atoms with Crippen molar-refractivity contribution in [2.45, 2.75) is 31.7 Å². The predicted octanol–water partition coefficient (Wildman–Crippen LogP) is 4.63. The van der Waals surface area contributed by atoms with Gasteiger partial charge in [-0.1, -0.05) is 0 Å². The summed E-state index contributed by atoms with van der Waals surface area (Å²) in [5.74, 6) is 0.0405. The summed E-state index contributed by atoms with van der Waals surface area (Å²) >= 11 is 0. The number of carbonyl (C=O) groups is 1. The van der Waals surface area contributed by atoms with Crippen molar-refractivity contribution in [3.8, 4) is 11.5 Å². The molecule has 0 saturated carbocycles. The van der Waals surface area contributed by atoms with Gasteiger partial charge >= 0.3 is 0 Å². The molecular formula is C28H30F2N7O3. The zero-order valence-corrected chi connectivity index (χ0v) is 22.0. The number of hydrogen-bond acceptors (Lipinski definition) is 8. The molecule has 0 aliphatic carbocycles. The summed E-state index contributed by atoms with van der Waals surface area (Å²) in [4.78, 5) is 23.5. The Hall–Kier alpha value is -4.32. The molecule has 3 heterocycles. The van der Waals surface area contributed by atoms with Crippen LogP contribution in [0.2, 0.25) is 0 Å². The minimum absolute atomic E-state index is 0.0311. The van der Waals surface area contributed by atoms with E-state index in [1.807, 2.05) is 6.07 Å². The van der Waals surface area contributed by atoms with Crippen LogP contribution in [0.5, 0.6) is 11.5 Å². The maximum absolute atomic E-state index is 13.4. The zero-order valence-electron chi connectivity index (χ0n) is 22.0. The summed E-state index contributed by atoms with van der Waals surface area (Å²) < 4.78 is 38.4. The quantitative estimate of drug-likeness (QED) is 0.232. The Labute approximate surface area is 230 Å². The van der Waals surface area contributed by atoms with Gasteiger partial charge in [-0.05, 0) is 50.9 Å². The number of aromatic amines is 1. The minimum Gasteiger partial charge on any atom is -0.493 e. The second-order valence-corrected chi connectivity index (χ2v) is 9.56. The van der Waals surface area contributed by atoms with Crippen LogP contribution in [0.4, 0.5) is 26.1 Å². The molecular weight excluding hydrogens is 520 g/mol. The molecule has 1 saturated heterocycles. The standard InChI is InChI=1S/C28H30F2N7O3/c1-17-5-3-6-37(17)7-4-8-40-25-15-23-22(14-24(25)39-2)28(32-16-31-23)34-26-12-21(35-36-26)13-27(38)33-20-10-18(29)9-19(30)11-20/h9-12,14-17H,1,3-8,13H2,2H3,(H,33,38)(H2,31,32,34,35,36)/t17-/m1/s1. The van der Waals surface area contributed by atoms with Gasteiger partial charge in [-0.3, -0.25) is 9.89 Å². The molecule has 12 heteroatoms. The maximum Gasteiger partial charge on any atom is 0.230 e. The number of anilines is 3. The number of aromatic nitrogens is 4. The molecule has 0 unspecified atom stereocenters. The van der Waals surface area contributed by atoms with Crippen LogP contribution in [0.1, 0.15) is 25.0 Å². The smallest absolute Gasteiger partial charge is 0.230 e. The van der Waals surface area contributed by atoms with Crippen LogP contribution >= 0.6 is 0 Å². The first-order valence-corrected chi connectivity index (χ1v) is 13.0. The molecule has 40 heavy (non-hydrogen) atoms. The van der Waals surface area contributed by atoms with Gasteiger partial charge in [-0.15, -0.1) is 0 Å². The zero-order chi connectivity index (χ0) is 28.1. The lowest BCUT2D eigenvalue weighted by Gasteiger charge is -2.20. The highest BCUT2D eigenvalue weighted by Crippen LogP contribution is 2.34. The van der Waals surface area contributed by atoms with Crippen molar-refractivity contribution in [3.05, 3.63) is 67.0 Å². The van der Waals surface area contributed by atoms with Crippen LogP contribution in [0.25, 0.3) is 10.9 Å². The van der Waals surface area contributed by atoms with E-state index in [9.17, 15) is 13.6 Å². The lowest BCUT2D eigenvalue weighted by Crippen LogP contribution is -2.29. The van der Waals surface area contributed by atoms with Gasteiger partial charge in [-0.25, -0.2) is 18.7 Å². The van der Waals surface area contributed by atoms with Gasteiger partial charge in [0.15, 0.2) is 17.3 Å². The molecule has 209 valence electrons. The number of carbonyl (C=O) groups excluding carboxylic acids is 1. The molecule has 1 aliphatic heterocycles. The van der Waals surface area contributed by atoms with E-state index in [-0.39, 0.29) is 12.1 Å². The van der Waals surface area contributed by atoms with Crippen molar-refractivity contribution in [1.82, 2.24) is 25.1 Å². The van der Waals surface area contributed by atoms with E-state index < -0.39 is 17.5 Å². The molecule has 1 fully saturated rings. The van der Waals surface area contributed by atoms with Crippen molar-refractivity contribution < 1.29 is 23.0 Å². The van der Waals surface area contributed by atoms with E-state index in [1.54, 1.807) is 19.2 Å². The Bertz CT molecular complexity index is 1480. The fourth-order valence-electron chi connectivity index (χ4n) is 4.72. The third-order valence-electron chi connectivity index (χ3n) is 6.64. The highest BCUT2D eigenvalue weighted by Gasteiger charge is 2.19. The summed E-state index contributed by atoms with van der Waals surface area (Å²) in [6.45, 7) is 6.75. The van der Waals surface area contributed by atoms with Crippen LogP contribution in [0.15, 0.2) is 42.7 Å². The number of rotatable bonds is 11. The molecule has 10 nitrogen and oxygen atoms in total. The second kappa shape index (κ2) is 12.2. The Morgan fingerprint density at radius 3 is 2.73 bits per heavy atom. The van der Waals surface area contributed by atoms with Crippen LogP contribution in [-0.4, -0.2) is 63.8 Å². The number of H-pyrrole nitrogens is 1.